The van der Waals surface area contributed by atoms with Crippen molar-refractivity contribution in [2.45, 2.75) is 103 Å². The molecule has 288 valence electrons. The first kappa shape index (κ1) is 42.1. The normalized spacial score (nSPS) is 14.1. The fourth-order valence-corrected chi connectivity index (χ4v) is 6.32. The van der Waals surface area contributed by atoms with E-state index in [0.717, 1.165) is 38.5 Å². The molecular weight excluding hydrogens is 668 g/mol. The molecule has 3 N–H and O–H groups in total. The van der Waals surface area contributed by atoms with Crippen LogP contribution in [0.2, 0.25) is 0 Å². The molecule has 0 aliphatic carbocycles. The summed E-state index contributed by atoms with van der Waals surface area (Å²) >= 11 is 0. The highest BCUT2D eigenvalue weighted by Gasteiger charge is 2.36. The van der Waals surface area contributed by atoms with E-state index >= 15 is 0 Å². The highest BCUT2D eigenvalue weighted by molar-refractivity contribution is 6.03. The van der Waals surface area contributed by atoms with E-state index in [-0.39, 0.29) is 46.8 Å². The Morgan fingerprint density at radius 2 is 1.29 bits per heavy atom. The van der Waals surface area contributed by atoms with Crippen LogP contribution in [0.5, 0.6) is 46.0 Å². The lowest BCUT2D eigenvalue weighted by atomic mass is 9.85. The summed E-state index contributed by atoms with van der Waals surface area (Å²) in [5.41, 5.74) is -0.467. The lowest BCUT2D eigenvalue weighted by Crippen LogP contribution is -2.35. The zero-order valence-corrected chi connectivity index (χ0v) is 32.2. The molecule has 0 amide bonds. The zero-order valence-electron chi connectivity index (χ0n) is 32.2. The number of hydrogen-bond donors (Lipinski definition) is 3. The summed E-state index contributed by atoms with van der Waals surface area (Å²) in [6.45, 7) is 7.19. The van der Waals surface area contributed by atoms with E-state index in [0.29, 0.717) is 34.8 Å². The van der Waals surface area contributed by atoms with Gasteiger partial charge in [0.15, 0.2) is 40.3 Å². The molecule has 0 aliphatic heterocycles. The average Bonchev–Trinajstić information content (AvgIpc) is 3.16. The quantitative estimate of drug-likeness (QED) is 0.0649. The lowest BCUT2D eigenvalue weighted by molar-refractivity contribution is 0.0356. The number of aliphatic hydroxyl groups is 2. The number of ketones is 1. The molecule has 0 bridgehead atoms. The highest BCUT2D eigenvalue weighted by Crippen LogP contribution is 2.48. The number of para-hydroxylation sites is 1. The van der Waals surface area contributed by atoms with Crippen LogP contribution in [-0.4, -0.2) is 81.1 Å². The molecule has 52 heavy (non-hydrogen) atoms. The maximum absolute atomic E-state index is 13.5. The second-order valence-electron chi connectivity index (χ2n) is 13.0. The molecule has 4 unspecified atom stereocenters. The second kappa shape index (κ2) is 20.0. The summed E-state index contributed by atoms with van der Waals surface area (Å²) in [5.74, 6) is 0.399. The number of carbonyl (C=O) groups excluding carboxylic acids is 1. The number of benzene rings is 3. The largest absolute Gasteiger partial charge is 0.504 e. The molecule has 3 aromatic carbocycles. The molecule has 0 aliphatic rings. The summed E-state index contributed by atoms with van der Waals surface area (Å²) < 4.78 is 41.6. The van der Waals surface area contributed by atoms with Gasteiger partial charge < -0.3 is 48.5 Å². The Hall–Kier alpha value is -4.35. The van der Waals surface area contributed by atoms with Gasteiger partial charge in [0, 0.05) is 11.1 Å². The van der Waals surface area contributed by atoms with Crippen LogP contribution in [0.25, 0.3) is 0 Å². The van der Waals surface area contributed by atoms with E-state index in [4.69, 9.17) is 33.2 Å². The molecule has 11 nitrogen and oxygen atoms in total. The Balaban J connectivity index is 2.22. The van der Waals surface area contributed by atoms with Crippen LogP contribution in [0.1, 0.15) is 106 Å². The first-order valence-electron chi connectivity index (χ1n) is 18.1. The van der Waals surface area contributed by atoms with Gasteiger partial charge in [0.25, 0.3) is 0 Å². The topological polar surface area (TPSA) is 142 Å². The number of unbranched alkanes of at least 4 members (excludes halogenated alkanes) is 3. The van der Waals surface area contributed by atoms with Gasteiger partial charge in [-0.25, -0.2) is 0 Å². The Morgan fingerprint density at radius 3 is 1.79 bits per heavy atom. The molecule has 0 radical (unpaired) electrons. The summed E-state index contributed by atoms with van der Waals surface area (Å²) in [7, 11) is 7.38. The van der Waals surface area contributed by atoms with Crippen LogP contribution in [0, 0.1) is 0 Å². The molecule has 0 saturated heterocycles. The molecule has 3 rings (SSSR count). The van der Waals surface area contributed by atoms with Crippen molar-refractivity contribution in [1.29, 1.82) is 0 Å². The Labute approximate surface area is 308 Å². The summed E-state index contributed by atoms with van der Waals surface area (Å²) in [6, 6.07) is 11.6. The van der Waals surface area contributed by atoms with Crippen molar-refractivity contribution in [1.82, 2.24) is 0 Å². The molecule has 4 atom stereocenters. The number of phenolic OH excluding ortho intramolecular Hbond substituents is 1. The van der Waals surface area contributed by atoms with E-state index in [1.54, 1.807) is 44.6 Å². The summed E-state index contributed by atoms with van der Waals surface area (Å²) in [6.07, 6.45) is 5.56. The minimum absolute atomic E-state index is 0.0583. The monoisotopic (exact) mass is 726 g/mol. The predicted molar refractivity (Wildman–Crippen MR) is 200 cm³/mol. The van der Waals surface area contributed by atoms with Crippen molar-refractivity contribution in [3.05, 3.63) is 59.2 Å². The van der Waals surface area contributed by atoms with E-state index in [1.807, 2.05) is 6.92 Å². The van der Waals surface area contributed by atoms with Crippen molar-refractivity contribution in [3.63, 3.8) is 0 Å². The molecule has 0 aromatic heterocycles. The fourth-order valence-electron chi connectivity index (χ4n) is 6.32. The standard InChI is InChI=1S/C41H58O11/c1-10-13-15-17-28(12-3)51-38-31(47-6)21-26(22-32(38)48-7)36(29-18-16-19-30(46-5)37(29)43)35(25-42)52-39-33(49-8)23-27(24-34(39)50-9)40(44)41(4,45)20-14-11-2/h16,18-19,21-24,28,35-36,42-43,45H,10-15,17,20,25H2,1-9H3. The van der Waals surface area contributed by atoms with Crippen molar-refractivity contribution >= 4 is 5.78 Å². The Bertz CT molecular complexity index is 1530. The number of aliphatic hydroxyl groups excluding tert-OH is 1. The van der Waals surface area contributed by atoms with E-state index in [9.17, 15) is 20.1 Å². The number of hydrogen-bond acceptors (Lipinski definition) is 11. The number of carbonyl (C=O) groups is 1. The molecule has 11 heteroatoms. The van der Waals surface area contributed by atoms with Crippen LogP contribution in [0.15, 0.2) is 42.5 Å². The minimum Gasteiger partial charge on any atom is -0.504 e. The molecule has 0 spiro atoms. The maximum atomic E-state index is 13.5. The Morgan fingerprint density at radius 1 is 0.750 bits per heavy atom. The van der Waals surface area contributed by atoms with Crippen LogP contribution < -0.4 is 33.2 Å². The van der Waals surface area contributed by atoms with Crippen molar-refractivity contribution in [3.8, 4) is 46.0 Å². The third kappa shape index (κ3) is 9.95. The number of Topliss-reactive ketones (excluding diaryl/α,β-unsaturated/α-hetero) is 1. The molecule has 0 heterocycles. The van der Waals surface area contributed by atoms with Gasteiger partial charge in [-0.1, -0.05) is 58.6 Å². The van der Waals surface area contributed by atoms with Gasteiger partial charge in [0.05, 0.1) is 54.2 Å². The van der Waals surface area contributed by atoms with Gasteiger partial charge >= 0.3 is 0 Å². The third-order valence-corrected chi connectivity index (χ3v) is 9.35. The lowest BCUT2D eigenvalue weighted by Gasteiger charge is -2.31. The number of phenols is 1. The van der Waals surface area contributed by atoms with Crippen LogP contribution >= 0.6 is 0 Å². The summed E-state index contributed by atoms with van der Waals surface area (Å²) in [4.78, 5) is 13.5. The van der Waals surface area contributed by atoms with Gasteiger partial charge in [0.2, 0.25) is 11.5 Å². The van der Waals surface area contributed by atoms with Gasteiger partial charge in [-0.15, -0.1) is 0 Å². The van der Waals surface area contributed by atoms with Crippen molar-refractivity contribution in [2.75, 3.05) is 42.2 Å². The molecule has 0 saturated carbocycles. The van der Waals surface area contributed by atoms with Gasteiger partial charge in [-0.3, -0.25) is 4.79 Å². The number of rotatable bonds is 23. The number of ether oxygens (including phenoxy) is 7. The highest BCUT2D eigenvalue weighted by atomic mass is 16.6. The molecular formula is C41H58O11. The van der Waals surface area contributed by atoms with Crippen molar-refractivity contribution in [2.24, 2.45) is 0 Å². The molecule has 0 fully saturated rings. The Kier molecular flexibility index (Phi) is 16.2. The SMILES string of the molecule is CCCCCC(CC)Oc1c(OC)cc(C(c2cccc(OC)c2O)C(CO)Oc2c(OC)cc(C(=O)C(C)(O)CCCC)cc2OC)cc1OC. The predicted octanol–water partition coefficient (Wildman–Crippen LogP) is 7.87. The van der Waals surface area contributed by atoms with Crippen LogP contribution in [-0.2, 0) is 0 Å². The zero-order chi connectivity index (χ0) is 38.4. The first-order chi connectivity index (χ1) is 25.0. The van der Waals surface area contributed by atoms with E-state index in [1.165, 1.54) is 40.4 Å². The number of aromatic hydroxyl groups is 1. The minimum atomic E-state index is -1.60. The first-order valence-corrected chi connectivity index (χ1v) is 18.1. The van der Waals surface area contributed by atoms with Gasteiger partial charge in [0.1, 0.15) is 11.7 Å². The number of methoxy groups -OCH3 is 5. The van der Waals surface area contributed by atoms with Crippen molar-refractivity contribution < 1.29 is 53.3 Å². The fraction of sp³-hybridized carbons (Fsp3) is 0.537. The van der Waals surface area contributed by atoms with E-state index in [2.05, 4.69) is 13.8 Å². The maximum Gasteiger partial charge on any atom is 0.203 e. The van der Waals surface area contributed by atoms with E-state index < -0.39 is 30.0 Å². The smallest absolute Gasteiger partial charge is 0.203 e. The van der Waals surface area contributed by atoms with Crippen LogP contribution in [0.3, 0.4) is 0 Å². The average molecular weight is 727 g/mol. The summed E-state index contributed by atoms with van der Waals surface area (Å²) in [5, 5.41) is 33.5. The van der Waals surface area contributed by atoms with Gasteiger partial charge in [-0.2, -0.15) is 0 Å². The van der Waals surface area contributed by atoms with Gasteiger partial charge in [-0.05, 0) is 68.5 Å². The second-order valence-corrected chi connectivity index (χ2v) is 13.0. The van der Waals surface area contributed by atoms with Crippen LogP contribution in [0.4, 0.5) is 0 Å². The molecule has 3 aromatic rings. The third-order valence-electron chi connectivity index (χ3n) is 9.35.